The standard InChI is InChI=1S/C26H34N2O/c1-2-26(14-8-18-29-20-22-9-4-3-5-10-22)15-17-28(21-26)16-13-23-19-27-25-12-7-6-11-24(23)25/h3-7,9-12,19,27H,2,8,13-18,20-21H2,1H3. The topological polar surface area (TPSA) is 28.3 Å². The fourth-order valence-corrected chi connectivity index (χ4v) is 4.82. The third kappa shape index (κ3) is 5.09. The van der Waals surface area contributed by atoms with E-state index < -0.39 is 0 Å². The van der Waals surface area contributed by atoms with Crippen LogP contribution in [0.3, 0.4) is 0 Å². The number of benzene rings is 2. The lowest BCUT2D eigenvalue weighted by molar-refractivity contribution is 0.104. The van der Waals surface area contributed by atoms with Gasteiger partial charge in [-0.05, 0) is 61.3 Å². The largest absolute Gasteiger partial charge is 0.377 e. The van der Waals surface area contributed by atoms with E-state index in [0.29, 0.717) is 5.41 Å². The van der Waals surface area contributed by atoms with Gasteiger partial charge in [0.05, 0.1) is 6.61 Å². The Morgan fingerprint density at radius 1 is 1.07 bits per heavy atom. The number of rotatable bonds is 10. The fraction of sp³-hybridized carbons (Fsp3) is 0.462. The predicted octanol–water partition coefficient (Wildman–Crippen LogP) is 5.81. The van der Waals surface area contributed by atoms with Crippen molar-refractivity contribution in [2.45, 2.75) is 45.6 Å². The van der Waals surface area contributed by atoms with Gasteiger partial charge in [0, 0.05) is 36.8 Å². The molecule has 1 saturated heterocycles. The second-order valence-corrected chi connectivity index (χ2v) is 8.63. The minimum Gasteiger partial charge on any atom is -0.377 e. The summed E-state index contributed by atoms with van der Waals surface area (Å²) in [6.45, 7) is 7.61. The molecule has 2 aromatic carbocycles. The van der Waals surface area contributed by atoms with Crippen LogP contribution in [0.5, 0.6) is 0 Å². The van der Waals surface area contributed by atoms with E-state index in [0.717, 1.165) is 32.6 Å². The maximum atomic E-state index is 5.92. The normalized spacial score (nSPS) is 19.9. The van der Waals surface area contributed by atoms with Gasteiger partial charge in [0.1, 0.15) is 0 Å². The molecule has 1 fully saturated rings. The highest BCUT2D eigenvalue weighted by Gasteiger charge is 2.35. The Morgan fingerprint density at radius 2 is 1.90 bits per heavy atom. The molecule has 1 aliphatic rings. The van der Waals surface area contributed by atoms with E-state index in [1.807, 2.05) is 0 Å². The molecule has 1 unspecified atom stereocenters. The molecule has 3 heteroatoms. The van der Waals surface area contributed by atoms with Gasteiger partial charge < -0.3 is 14.6 Å². The molecular weight excluding hydrogens is 356 g/mol. The summed E-state index contributed by atoms with van der Waals surface area (Å²) in [6, 6.07) is 19.1. The number of ether oxygens (including phenoxy) is 1. The number of hydrogen-bond donors (Lipinski definition) is 1. The number of hydrogen-bond acceptors (Lipinski definition) is 2. The van der Waals surface area contributed by atoms with Crippen LogP contribution in [0.4, 0.5) is 0 Å². The summed E-state index contributed by atoms with van der Waals surface area (Å²) >= 11 is 0. The Hall–Kier alpha value is -2.10. The first kappa shape index (κ1) is 20.2. The minimum absolute atomic E-state index is 0.482. The summed E-state index contributed by atoms with van der Waals surface area (Å²) in [4.78, 5) is 6.09. The zero-order valence-corrected chi connectivity index (χ0v) is 17.7. The second-order valence-electron chi connectivity index (χ2n) is 8.63. The summed E-state index contributed by atoms with van der Waals surface area (Å²) in [5, 5.41) is 1.38. The number of aromatic amines is 1. The van der Waals surface area contributed by atoms with Crippen molar-refractivity contribution in [2.24, 2.45) is 5.41 Å². The van der Waals surface area contributed by atoms with Crippen LogP contribution < -0.4 is 0 Å². The minimum atomic E-state index is 0.482. The van der Waals surface area contributed by atoms with Crippen molar-refractivity contribution < 1.29 is 4.74 Å². The van der Waals surface area contributed by atoms with E-state index >= 15 is 0 Å². The maximum Gasteiger partial charge on any atom is 0.0716 e. The third-order valence-electron chi connectivity index (χ3n) is 6.75. The molecule has 0 bridgehead atoms. The number of aromatic nitrogens is 1. The zero-order valence-electron chi connectivity index (χ0n) is 17.7. The SMILES string of the molecule is CCC1(CCCOCc2ccccc2)CCN(CCc2c[nH]c3ccccc23)C1. The van der Waals surface area contributed by atoms with Crippen molar-refractivity contribution in [2.75, 3.05) is 26.2 Å². The third-order valence-corrected chi connectivity index (χ3v) is 6.75. The fourth-order valence-electron chi connectivity index (χ4n) is 4.82. The molecule has 0 saturated carbocycles. The Morgan fingerprint density at radius 3 is 2.76 bits per heavy atom. The molecule has 1 atom stereocenters. The van der Waals surface area contributed by atoms with E-state index in [2.05, 4.69) is 77.6 Å². The molecule has 0 amide bonds. The van der Waals surface area contributed by atoms with Crippen LogP contribution >= 0.6 is 0 Å². The summed E-state index contributed by atoms with van der Waals surface area (Å²) < 4.78 is 5.92. The van der Waals surface area contributed by atoms with Crippen LogP contribution in [0, 0.1) is 5.41 Å². The smallest absolute Gasteiger partial charge is 0.0716 e. The average molecular weight is 391 g/mol. The van der Waals surface area contributed by atoms with Gasteiger partial charge in [-0.1, -0.05) is 55.5 Å². The number of nitrogens with one attached hydrogen (secondary N) is 1. The molecule has 1 N–H and O–H groups in total. The van der Waals surface area contributed by atoms with E-state index in [9.17, 15) is 0 Å². The van der Waals surface area contributed by atoms with Gasteiger partial charge in [-0.2, -0.15) is 0 Å². The van der Waals surface area contributed by atoms with Crippen LogP contribution in [0.15, 0.2) is 60.8 Å². The molecule has 4 rings (SSSR count). The molecular formula is C26H34N2O. The Balaban J connectivity index is 1.21. The van der Waals surface area contributed by atoms with Crippen molar-refractivity contribution >= 4 is 10.9 Å². The van der Waals surface area contributed by atoms with E-state index in [-0.39, 0.29) is 0 Å². The lowest BCUT2D eigenvalue weighted by atomic mass is 9.80. The zero-order chi connectivity index (χ0) is 19.9. The molecule has 2 heterocycles. The average Bonchev–Trinajstić information content (AvgIpc) is 3.37. The van der Waals surface area contributed by atoms with E-state index in [1.165, 1.54) is 54.4 Å². The van der Waals surface area contributed by atoms with Crippen molar-refractivity contribution in [1.82, 2.24) is 9.88 Å². The number of H-pyrrole nitrogens is 1. The molecule has 29 heavy (non-hydrogen) atoms. The highest BCUT2D eigenvalue weighted by atomic mass is 16.5. The molecule has 3 nitrogen and oxygen atoms in total. The summed E-state index contributed by atoms with van der Waals surface area (Å²) in [7, 11) is 0. The Bertz CT molecular complexity index is 888. The van der Waals surface area contributed by atoms with Gasteiger partial charge in [0.15, 0.2) is 0 Å². The lowest BCUT2D eigenvalue weighted by Crippen LogP contribution is -2.28. The Labute approximate surface area is 175 Å². The van der Waals surface area contributed by atoms with Gasteiger partial charge in [0.25, 0.3) is 0 Å². The quantitative estimate of drug-likeness (QED) is 0.443. The second kappa shape index (κ2) is 9.60. The Kier molecular flexibility index (Phi) is 6.68. The molecule has 0 radical (unpaired) electrons. The van der Waals surface area contributed by atoms with Crippen LogP contribution in [0.25, 0.3) is 10.9 Å². The lowest BCUT2D eigenvalue weighted by Gasteiger charge is -2.28. The predicted molar refractivity (Wildman–Crippen MR) is 121 cm³/mol. The summed E-state index contributed by atoms with van der Waals surface area (Å²) in [6.07, 6.45) is 8.37. The number of likely N-dealkylation sites (tertiary alicyclic amines) is 1. The van der Waals surface area contributed by atoms with Crippen LogP contribution in [0.2, 0.25) is 0 Å². The molecule has 0 spiro atoms. The van der Waals surface area contributed by atoms with Gasteiger partial charge in [-0.15, -0.1) is 0 Å². The van der Waals surface area contributed by atoms with Crippen LogP contribution in [0.1, 0.15) is 43.7 Å². The summed E-state index contributed by atoms with van der Waals surface area (Å²) in [5.74, 6) is 0. The van der Waals surface area contributed by atoms with Crippen molar-refractivity contribution in [1.29, 1.82) is 0 Å². The number of nitrogens with zero attached hydrogens (tertiary/aromatic N) is 1. The van der Waals surface area contributed by atoms with Crippen LogP contribution in [-0.4, -0.2) is 36.1 Å². The van der Waals surface area contributed by atoms with E-state index in [1.54, 1.807) is 0 Å². The van der Waals surface area contributed by atoms with Crippen LogP contribution in [-0.2, 0) is 17.8 Å². The van der Waals surface area contributed by atoms with Gasteiger partial charge in [0.2, 0.25) is 0 Å². The van der Waals surface area contributed by atoms with Gasteiger partial charge >= 0.3 is 0 Å². The first-order chi connectivity index (χ1) is 14.3. The van der Waals surface area contributed by atoms with Gasteiger partial charge in [-0.3, -0.25) is 0 Å². The maximum absolute atomic E-state index is 5.92. The molecule has 154 valence electrons. The monoisotopic (exact) mass is 390 g/mol. The molecule has 1 aliphatic heterocycles. The molecule has 0 aliphatic carbocycles. The first-order valence-corrected chi connectivity index (χ1v) is 11.2. The highest BCUT2D eigenvalue weighted by molar-refractivity contribution is 5.83. The van der Waals surface area contributed by atoms with Crippen molar-refractivity contribution in [3.63, 3.8) is 0 Å². The van der Waals surface area contributed by atoms with E-state index in [4.69, 9.17) is 4.74 Å². The number of fused-ring (bicyclic) bond motifs is 1. The highest BCUT2D eigenvalue weighted by Crippen LogP contribution is 2.38. The molecule has 1 aromatic heterocycles. The van der Waals surface area contributed by atoms with Crippen molar-refractivity contribution in [3.05, 3.63) is 71.9 Å². The van der Waals surface area contributed by atoms with Crippen molar-refractivity contribution in [3.8, 4) is 0 Å². The molecule has 3 aromatic rings. The summed E-state index contributed by atoms with van der Waals surface area (Å²) in [5.41, 5.74) is 4.45. The first-order valence-electron chi connectivity index (χ1n) is 11.2. The number of para-hydroxylation sites is 1. The van der Waals surface area contributed by atoms with Gasteiger partial charge in [-0.25, -0.2) is 0 Å².